The molecule has 3 amide bonds. The lowest BCUT2D eigenvalue weighted by molar-refractivity contribution is -0.116. The van der Waals surface area contributed by atoms with Crippen molar-refractivity contribution in [1.29, 1.82) is 0 Å². The lowest BCUT2D eigenvalue weighted by Crippen LogP contribution is -2.33. The Morgan fingerprint density at radius 2 is 1.91 bits per heavy atom. The Labute approximate surface area is 191 Å². The molecular formula is C26H22N4O3. The number of hydrogen-bond acceptors (Lipinski definition) is 4. The first-order chi connectivity index (χ1) is 16.2. The molecule has 0 bridgehead atoms. The highest BCUT2D eigenvalue weighted by atomic mass is 16.7. The van der Waals surface area contributed by atoms with E-state index in [-0.39, 0.29) is 18.0 Å². The number of hydrogen-bond donors (Lipinski definition) is 2. The maximum absolute atomic E-state index is 12.9. The Balaban J connectivity index is 1.28. The molecule has 2 aromatic carbocycles. The van der Waals surface area contributed by atoms with Crippen molar-refractivity contribution >= 4 is 23.4 Å². The quantitative estimate of drug-likeness (QED) is 0.585. The van der Waals surface area contributed by atoms with Crippen LogP contribution in [0.4, 0.5) is 16.3 Å². The maximum Gasteiger partial charge on any atom is 0.346 e. The Morgan fingerprint density at radius 1 is 1.06 bits per heavy atom. The van der Waals surface area contributed by atoms with E-state index in [0.717, 1.165) is 28.7 Å². The number of rotatable bonds is 2. The highest BCUT2D eigenvalue weighted by Crippen LogP contribution is 2.30. The van der Waals surface area contributed by atoms with Crippen LogP contribution in [0.15, 0.2) is 66.9 Å². The zero-order chi connectivity index (χ0) is 22.6. The van der Waals surface area contributed by atoms with E-state index in [4.69, 9.17) is 4.84 Å². The smallest absolute Gasteiger partial charge is 0.310 e. The number of hydroxylamine groups is 2. The number of nitrogens with zero attached hydrogens (tertiary/aromatic N) is 2. The van der Waals surface area contributed by atoms with Crippen molar-refractivity contribution in [3.63, 3.8) is 0 Å². The van der Waals surface area contributed by atoms with Gasteiger partial charge in [-0.05, 0) is 41.8 Å². The van der Waals surface area contributed by atoms with Crippen molar-refractivity contribution in [2.75, 3.05) is 17.2 Å². The van der Waals surface area contributed by atoms with Crippen molar-refractivity contribution in [3.05, 3.63) is 89.1 Å². The standard InChI is InChI=1S/C26H22N4O3/c31-24-12-11-21-15-19(17-27-25(21)29-24)10-9-18-5-4-8-22(16-18)28-26(32)30-23(13-14-33-30)20-6-2-1-3-7-20/h1-8,15-17,23H,11-14H2,(H,28,32)(H,27,29,31)/t23-/m0/s1. The van der Waals surface area contributed by atoms with Crippen molar-refractivity contribution in [2.24, 2.45) is 0 Å². The highest BCUT2D eigenvalue weighted by Gasteiger charge is 2.31. The fourth-order valence-corrected chi connectivity index (χ4v) is 3.97. The molecule has 0 radical (unpaired) electrons. The molecule has 1 atom stereocenters. The van der Waals surface area contributed by atoms with Crippen LogP contribution in [0.25, 0.3) is 0 Å². The summed E-state index contributed by atoms with van der Waals surface area (Å²) in [7, 11) is 0. The van der Waals surface area contributed by atoms with E-state index in [1.165, 1.54) is 5.06 Å². The maximum atomic E-state index is 12.9. The van der Waals surface area contributed by atoms with Crippen LogP contribution in [-0.4, -0.2) is 28.6 Å². The lowest BCUT2D eigenvalue weighted by atomic mass is 10.0. The molecule has 164 valence electrons. The molecule has 2 aliphatic rings. The molecule has 0 spiro atoms. The summed E-state index contributed by atoms with van der Waals surface area (Å²) in [4.78, 5) is 34.3. The van der Waals surface area contributed by atoms with Crippen molar-refractivity contribution in [2.45, 2.75) is 25.3 Å². The SMILES string of the molecule is O=C1CCc2cc(C#Cc3cccc(NC(=O)N4OCC[C@H]4c4ccccc4)c3)cnc2N1. The minimum absolute atomic E-state index is 0.0119. The van der Waals surface area contributed by atoms with E-state index in [2.05, 4.69) is 27.5 Å². The zero-order valence-corrected chi connectivity index (χ0v) is 17.9. The molecule has 2 N–H and O–H groups in total. The number of fused-ring (bicyclic) bond motifs is 1. The summed E-state index contributed by atoms with van der Waals surface area (Å²) < 4.78 is 0. The van der Waals surface area contributed by atoms with Gasteiger partial charge < -0.3 is 10.6 Å². The van der Waals surface area contributed by atoms with Crippen LogP contribution in [-0.2, 0) is 16.1 Å². The van der Waals surface area contributed by atoms with Crippen LogP contribution in [0.3, 0.4) is 0 Å². The molecule has 7 nitrogen and oxygen atoms in total. The molecule has 1 aromatic heterocycles. The summed E-state index contributed by atoms with van der Waals surface area (Å²) in [5.41, 5.74) is 4.21. The third-order valence-electron chi connectivity index (χ3n) is 5.60. The van der Waals surface area contributed by atoms with Crippen LogP contribution < -0.4 is 10.6 Å². The number of carbonyl (C=O) groups excluding carboxylic acids is 2. The van der Waals surface area contributed by atoms with Gasteiger partial charge in [0.25, 0.3) is 0 Å². The Morgan fingerprint density at radius 3 is 2.79 bits per heavy atom. The second-order valence-electron chi connectivity index (χ2n) is 7.92. The minimum Gasteiger partial charge on any atom is -0.310 e. The molecule has 5 rings (SSSR count). The van der Waals surface area contributed by atoms with Gasteiger partial charge in [0.1, 0.15) is 5.82 Å². The number of anilines is 2. The van der Waals surface area contributed by atoms with E-state index in [9.17, 15) is 9.59 Å². The Hall–Kier alpha value is -4.15. The van der Waals surface area contributed by atoms with Crippen molar-refractivity contribution in [1.82, 2.24) is 10.0 Å². The van der Waals surface area contributed by atoms with Gasteiger partial charge in [0.05, 0.1) is 12.6 Å². The number of aromatic nitrogens is 1. The summed E-state index contributed by atoms with van der Waals surface area (Å²) in [6.07, 6.45) is 3.52. The van der Waals surface area contributed by atoms with Gasteiger partial charge in [0.2, 0.25) is 5.91 Å². The van der Waals surface area contributed by atoms with Crippen molar-refractivity contribution < 1.29 is 14.4 Å². The molecule has 0 unspecified atom stereocenters. The van der Waals surface area contributed by atoms with E-state index < -0.39 is 0 Å². The van der Waals surface area contributed by atoms with Gasteiger partial charge in [-0.15, -0.1) is 0 Å². The summed E-state index contributed by atoms with van der Waals surface area (Å²) in [6, 6.07) is 18.8. The normalized spacial score (nSPS) is 16.9. The van der Waals surface area contributed by atoms with Crippen LogP contribution in [0.1, 0.15) is 41.1 Å². The number of benzene rings is 2. The molecule has 33 heavy (non-hydrogen) atoms. The van der Waals surface area contributed by atoms with Gasteiger partial charge in [-0.1, -0.05) is 48.2 Å². The predicted molar refractivity (Wildman–Crippen MR) is 124 cm³/mol. The molecule has 1 fully saturated rings. The molecule has 3 heterocycles. The number of nitrogens with one attached hydrogen (secondary N) is 2. The molecular weight excluding hydrogens is 416 g/mol. The fourth-order valence-electron chi connectivity index (χ4n) is 3.97. The second kappa shape index (κ2) is 9.15. The van der Waals surface area contributed by atoms with E-state index in [1.54, 1.807) is 6.20 Å². The number of urea groups is 1. The van der Waals surface area contributed by atoms with Crippen LogP contribution in [0, 0.1) is 11.8 Å². The first-order valence-corrected chi connectivity index (χ1v) is 10.8. The van der Waals surface area contributed by atoms with E-state index in [1.807, 2.05) is 60.7 Å². The molecule has 0 aliphatic carbocycles. The van der Waals surface area contributed by atoms with Gasteiger partial charge in [-0.3, -0.25) is 9.63 Å². The monoisotopic (exact) mass is 438 g/mol. The number of carbonyl (C=O) groups is 2. The Bertz CT molecular complexity index is 1260. The van der Waals surface area contributed by atoms with Gasteiger partial charge in [0.15, 0.2) is 0 Å². The summed E-state index contributed by atoms with van der Waals surface area (Å²) in [5.74, 6) is 6.83. The van der Waals surface area contributed by atoms with Gasteiger partial charge >= 0.3 is 6.03 Å². The third-order valence-corrected chi connectivity index (χ3v) is 5.60. The van der Waals surface area contributed by atoms with E-state index in [0.29, 0.717) is 31.0 Å². The minimum atomic E-state index is -0.313. The average Bonchev–Trinajstić information content (AvgIpc) is 3.34. The summed E-state index contributed by atoms with van der Waals surface area (Å²) in [6.45, 7) is 0.497. The number of pyridine rings is 1. The highest BCUT2D eigenvalue weighted by molar-refractivity contribution is 5.92. The van der Waals surface area contributed by atoms with Crippen LogP contribution in [0.5, 0.6) is 0 Å². The van der Waals surface area contributed by atoms with Gasteiger partial charge in [0, 0.05) is 35.9 Å². The van der Waals surface area contributed by atoms with Crippen LogP contribution in [0.2, 0.25) is 0 Å². The molecule has 2 aliphatic heterocycles. The first kappa shape index (κ1) is 20.7. The Kier molecular flexibility index (Phi) is 5.75. The van der Waals surface area contributed by atoms with Gasteiger partial charge in [-0.2, -0.15) is 5.06 Å². The lowest BCUT2D eigenvalue weighted by Gasteiger charge is -2.23. The van der Waals surface area contributed by atoms with E-state index >= 15 is 0 Å². The number of amides is 3. The van der Waals surface area contributed by atoms with Gasteiger partial charge in [-0.25, -0.2) is 9.78 Å². The summed E-state index contributed by atoms with van der Waals surface area (Å²) in [5, 5.41) is 7.09. The predicted octanol–water partition coefficient (Wildman–Crippen LogP) is 4.28. The average molecular weight is 438 g/mol. The fraction of sp³-hybridized carbons (Fsp3) is 0.192. The second-order valence-corrected chi connectivity index (χ2v) is 7.92. The zero-order valence-electron chi connectivity index (χ0n) is 17.9. The number of aryl methyl sites for hydroxylation is 1. The third kappa shape index (κ3) is 4.71. The largest absolute Gasteiger partial charge is 0.346 e. The molecule has 1 saturated heterocycles. The topological polar surface area (TPSA) is 83.6 Å². The first-order valence-electron chi connectivity index (χ1n) is 10.8. The molecule has 7 heteroatoms. The van der Waals surface area contributed by atoms with Crippen LogP contribution >= 0.6 is 0 Å². The molecule has 3 aromatic rings. The summed E-state index contributed by atoms with van der Waals surface area (Å²) >= 11 is 0. The van der Waals surface area contributed by atoms with Crippen molar-refractivity contribution in [3.8, 4) is 11.8 Å². The molecule has 0 saturated carbocycles.